The Balaban J connectivity index is 1.20. The van der Waals surface area contributed by atoms with E-state index in [0.717, 1.165) is 170 Å². The Hall–Kier alpha value is -9.30. The van der Waals surface area contributed by atoms with Crippen molar-refractivity contribution < 1.29 is 112 Å². The van der Waals surface area contributed by atoms with Gasteiger partial charge in [0.1, 0.15) is 72.2 Å². The van der Waals surface area contributed by atoms with E-state index < -0.39 is 161 Å². The van der Waals surface area contributed by atoms with Crippen molar-refractivity contribution in [3.63, 3.8) is 0 Å². The molecule has 7 aromatic carbocycles. The quantitative estimate of drug-likeness (QED) is 0.0338. The molecule has 0 radical (unpaired) electrons. The molecule has 2 saturated heterocycles. The van der Waals surface area contributed by atoms with Crippen molar-refractivity contribution in [3.05, 3.63) is 250 Å². The van der Waals surface area contributed by atoms with Crippen LogP contribution in [0.3, 0.4) is 0 Å². The van der Waals surface area contributed by atoms with Crippen LogP contribution in [0.2, 0.25) is 0 Å². The third-order valence-corrected chi connectivity index (χ3v) is 13.7. The number of halogens is 8. The molecule has 0 saturated carbocycles. The van der Waals surface area contributed by atoms with Gasteiger partial charge in [0.05, 0.1) is 38.9 Å². The van der Waals surface area contributed by atoms with Crippen molar-refractivity contribution in [2.45, 2.75) is 60.1 Å². The summed E-state index contributed by atoms with van der Waals surface area (Å²) in [7, 11) is 0. The van der Waals surface area contributed by atoms with E-state index in [0.29, 0.717) is 0 Å². The summed E-state index contributed by atoms with van der Waals surface area (Å²) in [6, 6.07) is 26.9. The van der Waals surface area contributed by atoms with Crippen molar-refractivity contribution in [3.8, 4) is 0 Å². The maximum atomic E-state index is 14.5. The van der Waals surface area contributed by atoms with Crippen LogP contribution < -0.4 is 0 Å². The summed E-state index contributed by atoms with van der Waals surface area (Å²) in [6.45, 7) is -1.98. The molecule has 2 heterocycles. The van der Waals surface area contributed by atoms with Crippen LogP contribution >= 0.6 is 15.9 Å². The number of rotatable bonds is 18. The van der Waals surface area contributed by atoms with Gasteiger partial charge in [0.25, 0.3) is 0 Å². The summed E-state index contributed by atoms with van der Waals surface area (Å²) in [5, 5.41) is -1.61. The van der Waals surface area contributed by atoms with Crippen LogP contribution in [0.4, 0.5) is 30.7 Å². The van der Waals surface area contributed by atoms with E-state index in [1.54, 1.807) is 0 Å². The zero-order valence-electron chi connectivity index (χ0n) is 43.8. The molecule has 86 heavy (non-hydrogen) atoms. The smallest absolute Gasteiger partial charge is 0.338 e. The Kier molecular flexibility index (Phi) is 19.7. The van der Waals surface area contributed by atoms with Gasteiger partial charge >= 0.3 is 41.8 Å². The predicted molar refractivity (Wildman–Crippen MR) is 283 cm³/mol. The van der Waals surface area contributed by atoms with Crippen molar-refractivity contribution in [1.82, 2.24) is 0 Å². The molecule has 0 amide bonds. The Bertz CT molecular complexity index is 3570. The minimum absolute atomic E-state index is 0.200. The fourth-order valence-corrected chi connectivity index (χ4v) is 9.33. The van der Waals surface area contributed by atoms with Crippen LogP contribution in [0.25, 0.3) is 0 Å². The summed E-state index contributed by atoms with van der Waals surface area (Å²) in [5.41, 5.74) is -2.15. The minimum Gasteiger partial charge on any atom is -0.459 e. The lowest BCUT2D eigenvalue weighted by Crippen LogP contribution is -2.66. The van der Waals surface area contributed by atoms with E-state index in [4.69, 9.17) is 47.4 Å². The Labute approximate surface area is 490 Å². The van der Waals surface area contributed by atoms with E-state index in [-0.39, 0.29) is 33.4 Å². The molecule has 17 nitrogen and oxygen atoms in total. The molecule has 0 bridgehead atoms. The largest absolute Gasteiger partial charge is 0.459 e. The molecule has 0 unspecified atom stereocenters. The van der Waals surface area contributed by atoms with Crippen LogP contribution in [-0.2, 0) is 47.4 Å². The molecule has 2 aliphatic heterocycles. The normalized spacial score (nSPS) is 21.6. The molecule has 25 heteroatoms. The third-order valence-electron chi connectivity index (χ3n) is 13.0. The molecule has 10 atom stereocenters. The SMILES string of the molecule is O=C(OC[C@H]1O[C@@H](O[C@H]2[C@H](OC(=O)c3ccc(F)cc3)[C@@H](OC(=O)c3ccc(F)cc3)[C@@H](Br)O[C@@H]2COC(=O)c2ccc(F)cc2)[C@H](OC(=O)c2ccc(F)cc2)[C@@H](OC(=O)c2ccc(F)cc2)[C@H]1OC(=O)c1ccc(F)cc1)c1ccc(F)cc1. The van der Waals surface area contributed by atoms with E-state index in [9.17, 15) is 64.3 Å². The average molecular weight is 1260 g/mol. The predicted octanol–water partition coefficient (Wildman–Crippen LogP) is 10.0. The lowest BCUT2D eigenvalue weighted by molar-refractivity contribution is -0.334. The number of hydrogen-bond acceptors (Lipinski definition) is 17. The topological polar surface area (TPSA) is 212 Å². The molecule has 2 aliphatic rings. The molecule has 7 aromatic rings. The first-order valence-electron chi connectivity index (χ1n) is 25.6. The number of alkyl halides is 1. The van der Waals surface area contributed by atoms with Gasteiger partial charge in [-0.1, -0.05) is 15.9 Å². The number of benzene rings is 7. The molecule has 0 aromatic heterocycles. The molecular weight excluding hydrogens is 1220 g/mol. The molecule has 2 fully saturated rings. The Morgan fingerprint density at radius 2 is 0.535 bits per heavy atom. The highest BCUT2D eigenvalue weighted by Gasteiger charge is 2.58. The van der Waals surface area contributed by atoms with E-state index in [2.05, 4.69) is 15.9 Å². The first-order chi connectivity index (χ1) is 41.3. The molecule has 444 valence electrons. The monoisotopic (exact) mass is 1260 g/mol. The fourth-order valence-electron chi connectivity index (χ4n) is 8.64. The Morgan fingerprint density at radius 3 is 0.837 bits per heavy atom. The minimum atomic E-state index is -2.39. The van der Waals surface area contributed by atoms with Crippen molar-refractivity contribution >= 4 is 57.7 Å². The van der Waals surface area contributed by atoms with Crippen LogP contribution in [0.15, 0.2) is 170 Å². The third kappa shape index (κ3) is 15.3. The molecule has 0 N–H and O–H groups in total. The highest BCUT2D eigenvalue weighted by Crippen LogP contribution is 2.38. The van der Waals surface area contributed by atoms with Gasteiger partial charge in [-0.25, -0.2) is 64.3 Å². The van der Waals surface area contributed by atoms with E-state index in [1.807, 2.05) is 0 Å². The lowest BCUT2D eigenvalue weighted by Gasteiger charge is -2.48. The first-order valence-corrected chi connectivity index (χ1v) is 26.5. The standard InChI is InChI=1S/C61H42BrF7O17/c62-53-51(84-59(75)36-11-25-43(68)26-12-36)49(82-57(73)34-7-21-41(66)22-8-34)48(45(79-53)29-77-54(70)31-1-15-38(63)16-2-31)86-61-52(85-60(76)37-13-27-44(69)28-14-37)50(83-58(74)35-9-23-42(67)24-10-35)47(81-56(72)33-5-19-40(65)20-6-33)46(80-61)30-78-55(71)32-3-17-39(64)18-4-32/h1-28,45-53,61H,29-30H2/t45-,46-,47+,48-,49+,50+,51-,52-,53+,61+/m1/s1. The highest BCUT2D eigenvalue weighted by molar-refractivity contribution is 9.09. The number of esters is 7. The second-order valence-electron chi connectivity index (χ2n) is 18.8. The maximum Gasteiger partial charge on any atom is 0.338 e. The number of hydrogen-bond donors (Lipinski definition) is 0. The zero-order chi connectivity index (χ0) is 61.2. The van der Waals surface area contributed by atoms with Gasteiger partial charge < -0.3 is 47.4 Å². The molecule has 0 aliphatic carbocycles. The van der Waals surface area contributed by atoms with Gasteiger partial charge in [-0.3, -0.25) is 0 Å². The summed E-state index contributed by atoms with van der Waals surface area (Å²) in [5.74, 6) is -14.2. The maximum absolute atomic E-state index is 14.5. The number of carbonyl (C=O) groups excluding carboxylic acids is 7. The second-order valence-corrected chi connectivity index (χ2v) is 19.7. The van der Waals surface area contributed by atoms with Crippen molar-refractivity contribution in [2.75, 3.05) is 13.2 Å². The van der Waals surface area contributed by atoms with Gasteiger partial charge in [0.2, 0.25) is 0 Å². The average Bonchev–Trinajstić information content (AvgIpc) is 2.34. The summed E-state index contributed by atoms with van der Waals surface area (Å²) in [4.78, 5) is 98.7. The summed E-state index contributed by atoms with van der Waals surface area (Å²) < 4.78 is 160. The fraction of sp³-hybridized carbons (Fsp3) is 0.197. The van der Waals surface area contributed by atoms with Gasteiger partial charge in [0.15, 0.2) is 41.8 Å². The van der Waals surface area contributed by atoms with Crippen LogP contribution in [-0.4, -0.2) is 115 Å². The van der Waals surface area contributed by atoms with Crippen molar-refractivity contribution in [2.24, 2.45) is 0 Å². The number of ether oxygens (including phenoxy) is 10. The Morgan fingerprint density at radius 1 is 0.302 bits per heavy atom. The lowest BCUT2D eigenvalue weighted by atomic mass is 9.96. The van der Waals surface area contributed by atoms with Crippen LogP contribution in [0.5, 0.6) is 0 Å². The van der Waals surface area contributed by atoms with Gasteiger partial charge in [-0.05, 0) is 170 Å². The molecule has 0 spiro atoms. The summed E-state index contributed by atoms with van der Waals surface area (Å²) in [6.07, 6.45) is -19.1. The molecule has 9 rings (SSSR count). The number of carbonyl (C=O) groups is 7. The van der Waals surface area contributed by atoms with Crippen LogP contribution in [0.1, 0.15) is 72.5 Å². The van der Waals surface area contributed by atoms with Crippen LogP contribution in [0, 0.1) is 40.7 Å². The zero-order valence-corrected chi connectivity index (χ0v) is 45.4. The van der Waals surface area contributed by atoms with E-state index in [1.165, 1.54) is 0 Å². The van der Waals surface area contributed by atoms with Gasteiger partial charge in [-0.2, -0.15) is 0 Å². The first kappa shape index (κ1) is 61.3. The second kappa shape index (κ2) is 27.6. The van der Waals surface area contributed by atoms with Gasteiger partial charge in [0, 0.05) is 0 Å². The van der Waals surface area contributed by atoms with Crippen molar-refractivity contribution in [1.29, 1.82) is 0 Å². The van der Waals surface area contributed by atoms with E-state index >= 15 is 0 Å². The van der Waals surface area contributed by atoms with Gasteiger partial charge in [-0.15, -0.1) is 0 Å². The summed E-state index contributed by atoms with van der Waals surface area (Å²) >= 11 is 3.29. The highest BCUT2D eigenvalue weighted by atomic mass is 79.9. The molecular formula is C61H42BrF7O17.